The number of non-ortho nitro benzene ring substituents is 1. The number of nitro benzene ring substituents is 1. The number of hydrogen-bond acceptors (Lipinski definition) is 4. The van der Waals surface area contributed by atoms with Crippen molar-refractivity contribution >= 4 is 27.8 Å². The fraction of sp³-hybridized carbons (Fsp3) is 0.0500. The van der Waals surface area contributed by atoms with Gasteiger partial charge >= 0.3 is 0 Å². The summed E-state index contributed by atoms with van der Waals surface area (Å²) in [6, 6.07) is 22.3. The van der Waals surface area contributed by atoms with E-state index in [0.29, 0.717) is 11.3 Å². The van der Waals surface area contributed by atoms with Gasteiger partial charge in [0, 0.05) is 36.5 Å². The van der Waals surface area contributed by atoms with Crippen LogP contribution < -0.4 is 4.90 Å². The Morgan fingerprint density at radius 2 is 1.84 bits per heavy atom. The summed E-state index contributed by atoms with van der Waals surface area (Å²) in [6.07, 6.45) is 1.40. The zero-order valence-corrected chi connectivity index (χ0v) is 13.6. The highest BCUT2D eigenvalue weighted by Crippen LogP contribution is 2.29. The number of hydrogen-bond donors (Lipinski definition) is 0. The molecule has 0 atom stereocenters. The third-order valence-corrected chi connectivity index (χ3v) is 4.04. The van der Waals surface area contributed by atoms with E-state index in [2.05, 4.69) is 0 Å². The van der Waals surface area contributed by atoms with Crippen molar-refractivity contribution in [2.24, 2.45) is 0 Å². The van der Waals surface area contributed by atoms with Crippen LogP contribution in [0.5, 0.6) is 0 Å². The molecule has 0 spiro atoms. The van der Waals surface area contributed by atoms with E-state index in [1.165, 1.54) is 18.2 Å². The molecule has 3 aromatic rings. The van der Waals surface area contributed by atoms with Crippen molar-refractivity contribution < 1.29 is 4.92 Å². The van der Waals surface area contributed by atoms with Gasteiger partial charge in [-0.1, -0.05) is 42.5 Å². The molecule has 0 fully saturated rings. The maximum Gasteiger partial charge on any atom is 0.270 e. The molecule has 0 saturated heterocycles. The van der Waals surface area contributed by atoms with Crippen molar-refractivity contribution in [3.05, 3.63) is 88.5 Å². The largest absolute Gasteiger partial charge is 0.344 e. The number of nitriles is 1. The summed E-state index contributed by atoms with van der Waals surface area (Å²) in [5, 5.41) is 22.4. The third-order valence-electron chi connectivity index (χ3n) is 4.04. The Kier molecular flexibility index (Phi) is 4.44. The smallest absolute Gasteiger partial charge is 0.270 e. The van der Waals surface area contributed by atoms with Gasteiger partial charge in [0.15, 0.2) is 0 Å². The van der Waals surface area contributed by atoms with Crippen LogP contribution in [0.15, 0.2) is 72.8 Å². The molecule has 3 rings (SSSR count). The summed E-state index contributed by atoms with van der Waals surface area (Å²) in [6.45, 7) is 0. The fourth-order valence-corrected chi connectivity index (χ4v) is 2.74. The van der Waals surface area contributed by atoms with Gasteiger partial charge in [-0.25, -0.2) is 0 Å². The van der Waals surface area contributed by atoms with Gasteiger partial charge in [-0.2, -0.15) is 5.26 Å². The number of fused-ring (bicyclic) bond motifs is 1. The van der Waals surface area contributed by atoms with Gasteiger partial charge in [0.25, 0.3) is 5.69 Å². The van der Waals surface area contributed by atoms with Crippen molar-refractivity contribution in [3.63, 3.8) is 0 Å². The van der Waals surface area contributed by atoms with E-state index in [9.17, 15) is 10.1 Å². The molecule has 0 aliphatic carbocycles. The van der Waals surface area contributed by atoms with Gasteiger partial charge in [0.2, 0.25) is 0 Å². The molecule has 5 heteroatoms. The lowest BCUT2D eigenvalue weighted by Gasteiger charge is -2.23. The second-order valence-corrected chi connectivity index (χ2v) is 5.56. The molecule has 122 valence electrons. The lowest BCUT2D eigenvalue weighted by Crippen LogP contribution is -2.15. The van der Waals surface area contributed by atoms with Gasteiger partial charge in [0.1, 0.15) is 0 Å². The van der Waals surface area contributed by atoms with Crippen LogP contribution in [0.4, 0.5) is 11.4 Å². The molecule has 0 amide bonds. The zero-order chi connectivity index (χ0) is 17.8. The average Bonchev–Trinajstić information content (AvgIpc) is 2.65. The minimum Gasteiger partial charge on any atom is -0.344 e. The molecule has 3 aromatic carbocycles. The van der Waals surface area contributed by atoms with Crippen LogP contribution in [0.25, 0.3) is 16.5 Å². The van der Waals surface area contributed by atoms with Crippen LogP contribution in [0.1, 0.15) is 5.56 Å². The van der Waals surface area contributed by atoms with E-state index in [-0.39, 0.29) is 5.69 Å². The van der Waals surface area contributed by atoms with Crippen molar-refractivity contribution in [3.8, 4) is 6.07 Å². The second-order valence-electron chi connectivity index (χ2n) is 5.56. The Morgan fingerprint density at radius 1 is 1.08 bits per heavy atom. The van der Waals surface area contributed by atoms with E-state index in [0.717, 1.165) is 16.5 Å². The van der Waals surface area contributed by atoms with Crippen LogP contribution in [-0.4, -0.2) is 12.0 Å². The summed E-state index contributed by atoms with van der Waals surface area (Å²) in [5.41, 5.74) is 2.10. The van der Waals surface area contributed by atoms with Crippen LogP contribution >= 0.6 is 0 Å². The lowest BCUT2D eigenvalue weighted by molar-refractivity contribution is -0.384. The van der Waals surface area contributed by atoms with Crippen molar-refractivity contribution in [2.75, 3.05) is 11.9 Å². The topological polar surface area (TPSA) is 70.2 Å². The summed E-state index contributed by atoms with van der Waals surface area (Å²) in [7, 11) is 1.84. The molecular weight excluding hydrogens is 314 g/mol. The van der Waals surface area contributed by atoms with Crippen molar-refractivity contribution in [2.45, 2.75) is 0 Å². The summed E-state index contributed by atoms with van der Waals surface area (Å²) < 4.78 is 0. The minimum absolute atomic E-state index is 0.00625. The molecule has 0 bridgehead atoms. The van der Waals surface area contributed by atoms with E-state index in [4.69, 9.17) is 5.26 Å². The number of nitro groups is 1. The molecule has 0 aliphatic rings. The van der Waals surface area contributed by atoms with Crippen LogP contribution in [-0.2, 0) is 0 Å². The predicted molar refractivity (Wildman–Crippen MR) is 99.0 cm³/mol. The van der Waals surface area contributed by atoms with E-state index >= 15 is 0 Å². The number of anilines is 1. The van der Waals surface area contributed by atoms with Crippen LogP contribution in [0.2, 0.25) is 0 Å². The first kappa shape index (κ1) is 16.2. The number of benzene rings is 3. The minimum atomic E-state index is -0.441. The van der Waals surface area contributed by atoms with Gasteiger partial charge in [-0.15, -0.1) is 0 Å². The summed E-state index contributed by atoms with van der Waals surface area (Å²) in [5.74, 6) is 0. The second kappa shape index (κ2) is 6.85. The van der Waals surface area contributed by atoms with E-state index in [1.54, 1.807) is 12.1 Å². The fourth-order valence-electron chi connectivity index (χ4n) is 2.74. The summed E-state index contributed by atoms with van der Waals surface area (Å²) in [4.78, 5) is 12.4. The molecule has 0 N–H and O–H groups in total. The molecule has 5 nitrogen and oxygen atoms in total. The first-order chi connectivity index (χ1) is 12.1. The first-order valence-electron chi connectivity index (χ1n) is 7.67. The first-order valence-corrected chi connectivity index (χ1v) is 7.67. The highest BCUT2D eigenvalue weighted by atomic mass is 16.6. The SMILES string of the molecule is CN(/C(=C/C#N)c1cccc([N+](=O)[O-])c1)c1ccc2ccccc2c1. The Bertz CT molecular complexity index is 1020. The normalized spacial score (nSPS) is 11.1. The van der Waals surface area contributed by atoms with Crippen LogP contribution in [0.3, 0.4) is 0 Å². The molecule has 0 heterocycles. The Balaban J connectivity index is 2.05. The quantitative estimate of drug-likeness (QED) is 0.393. The molecule has 0 aromatic heterocycles. The average molecular weight is 329 g/mol. The molecule has 0 saturated carbocycles. The maximum atomic E-state index is 11.0. The van der Waals surface area contributed by atoms with Gasteiger partial charge < -0.3 is 4.90 Å². The van der Waals surface area contributed by atoms with Gasteiger partial charge in [-0.3, -0.25) is 10.1 Å². The van der Waals surface area contributed by atoms with Crippen LogP contribution in [0, 0.1) is 21.4 Å². The highest BCUT2D eigenvalue weighted by Gasteiger charge is 2.14. The molecule has 0 unspecified atom stereocenters. The monoisotopic (exact) mass is 329 g/mol. The third kappa shape index (κ3) is 3.33. The summed E-state index contributed by atoms with van der Waals surface area (Å²) >= 11 is 0. The Labute approximate surface area is 145 Å². The number of rotatable bonds is 4. The van der Waals surface area contributed by atoms with Crippen molar-refractivity contribution in [1.29, 1.82) is 5.26 Å². The number of nitrogens with zero attached hydrogens (tertiary/aromatic N) is 3. The van der Waals surface area contributed by atoms with Gasteiger partial charge in [-0.05, 0) is 22.9 Å². The Morgan fingerprint density at radius 3 is 2.56 bits per heavy atom. The maximum absolute atomic E-state index is 11.0. The lowest BCUT2D eigenvalue weighted by atomic mass is 10.1. The molecular formula is C20H15N3O2. The molecule has 0 aliphatic heterocycles. The highest BCUT2D eigenvalue weighted by molar-refractivity contribution is 5.89. The van der Waals surface area contributed by atoms with E-state index < -0.39 is 4.92 Å². The van der Waals surface area contributed by atoms with Crippen molar-refractivity contribution in [1.82, 2.24) is 0 Å². The van der Waals surface area contributed by atoms with Gasteiger partial charge in [0.05, 0.1) is 16.7 Å². The predicted octanol–water partition coefficient (Wildman–Crippen LogP) is 4.75. The Hall–Kier alpha value is -3.65. The van der Waals surface area contributed by atoms with E-state index in [1.807, 2.05) is 60.5 Å². The zero-order valence-electron chi connectivity index (χ0n) is 13.6. The number of allylic oxidation sites excluding steroid dienone is 1. The standard InChI is InChI=1S/C20H15N3O2/c1-22(18-10-9-15-5-2-3-6-16(15)13-18)20(11-12-21)17-7-4-8-19(14-17)23(24)25/h2-11,13-14H,1H3/b20-11+. The molecule has 0 radical (unpaired) electrons. The molecule has 25 heavy (non-hydrogen) atoms.